The number of sulfonamides is 1. The van der Waals surface area contributed by atoms with Gasteiger partial charge in [0.05, 0.1) is 12.0 Å². The van der Waals surface area contributed by atoms with E-state index in [1.807, 2.05) is 44.2 Å². The summed E-state index contributed by atoms with van der Waals surface area (Å²) in [7, 11) is -2.08. The largest absolute Gasteiger partial charge is 0.497 e. The molecule has 0 fully saturated rings. The van der Waals surface area contributed by atoms with Crippen LogP contribution in [-0.2, 0) is 23.0 Å². The molecule has 3 aromatic carbocycles. The lowest BCUT2D eigenvalue weighted by Crippen LogP contribution is -2.36. The lowest BCUT2D eigenvalue weighted by Gasteiger charge is -2.28. The van der Waals surface area contributed by atoms with Gasteiger partial charge in [-0.1, -0.05) is 12.1 Å². The van der Waals surface area contributed by atoms with Crippen LogP contribution in [0.25, 0.3) is 0 Å². The summed E-state index contributed by atoms with van der Waals surface area (Å²) in [4.78, 5) is 12.9. The van der Waals surface area contributed by atoms with E-state index in [4.69, 9.17) is 4.74 Å². The van der Waals surface area contributed by atoms with Crippen LogP contribution in [0.5, 0.6) is 5.75 Å². The Kier molecular flexibility index (Phi) is 6.04. The molecule has 1 aliphatic rings. The number of methoxy groups -OCH3 is 1. The number of nitrogens with one attached hydrogen (secondary N) is 1. The molecule has 1 heterocycles. The Morgan fingerprint density at radius 2 is 1.69 bits per heavy atom. The van der Waals surface area contributed by atoms with Crippen molar-refractivity contribution in [3.05, 3.63) is 88.5 Å². The first kappa shape index (κ1) is 22.0. The average molecular weight is 451 g/mol. The molecule has 0 saturated carbocycles. The number of amides is 1. The van der Waals surface area contributed by atoms with E-state index >= 15 is 0 Å². The van der Waals surface area contributed by atoms with Crippen molar-refractivity contribution in [3.8, 4) is 5.75 Å². The van der Waals surface area contributed by atoms with Crippen molar-refractivity contribution in [1.29, 1.82) is 0 Å². The second-order valence-electron chi connectivity index (χ2n) is 8.00. The summed E-state index contributed by atoms with van der Waals surface area (Å²) in [6.07, 6.45) is 0.621. The molecule has 0 aliphatic carbocycles. The van der Waals surface area contributed by atoms with Gasteiger partial charge >= 0.3 is 0 Å². The number of hydrogen-bond acceptors (Lipinski definition) is 4. The number of anilines is 1. The number of hydrogen-bond donors (Lipinski definition) is 1. The normalized spacial score (nSPS) is 14.0. The van der Waals surface area contributed by atoms with Crippen LogP contribution in [0.3, 0.4) is 0 Å². The summed E-state index contributed by atoms with van der Waals surface area (Å²) in [5.41, 5.74) is 5.42. The van der Waals surface area contributed by atoms with Crippen molar-refractivity contribution in [3.63, 3.8) is 0 Å². The van der Waals surface area contributed by atoms with Gasteiger partial charge in [-0.25, -0.2) is 8.42 Å². The molecule has 0 aromatic heterocycles. The van der Waals surface area contributed by atoms with Gasteiger partial charge in [0.1, 0.15) is 5.75 Å². The summed E-state index contributed by atoms with van der Waals surface area (Å²) in [5, 5.41) is 2.93. The highest BCUT2D eigenvalue weighted by atomic mass is 32.2. The zero-order valence-electron chi connectivity index (χ0n) is 18.4. The van der Waals surface area contributed by atoms with E-state index in [2.05, 4.69) is 5.32 Å². The number of carbonyl (C=O) groups excluding carboxylic acids is 1. The Morgan fingerprint density at radius 3 is 2.38 bits per heavy atom. The molecule has 0 bridgehead atoms. The molecule has 1 aliphatic heterocycles. The molecule has 6 nitrogen and oxygen atoms in total. The van der Waals surface area contributed by atoms with E-state index in [1.54, 1.807) is 37.4 Å². The molecular weight excluding hydrogens is 424 g/mol. The Balaban J connectivity index is 1.53. The summed E-state index contributed by atoms with van der Waals surface area (Å²) in [6.45, 7) is 4.65. The SMILES string of the molecule is COc1ccc(S(=O)(=O)N2CCc3ccc(NC(=O)c4ccc(C)c(C)c4)cc3C2)cc1. The van der Waals surface area contributed by atoms with Crippen LogP contribution >= 0.6 is 0 Å². The first-order valence-corrected chi connectivity index (χ1v) is 11.9. The molecule has 1 N–H and O–H groups in total. The van der Waals surface area contributed by atoms with E-state index in [9.17, 15) is 13.2 Å². The highest BCUT2D eigenvalue weighted by Gasteiger charge is 2.28. The highest BCUT2D eigenvalue weighted by Crippen LogP contribution is 2.28. The monoisotopic (exact) mass is 450 g/mol. The molecule has 0 spiro atoms. The van der Waals surface area contributed by atoms with Gasteiger partial charge in [-0.05, 0) is 91.1 Å². The molecule has 4 rings (SSSR count). The zero-order valence-corrected chi connectivity index (χ0v) is 19.2. The average Bonchev–Trinajstić information content (AvgIpc) is 2.80. The number of carbonyl (C=O) groups is 1. The van der Waals surface area contributed by atoms with Crippen molar-refractivity contribution in [1.82, 2.24) is 4.31 Å². The van der Waals surface area contributed by atoms with Crippen molar-refractivity contribution in [2.45, 2.75) is 31.7 Å². The third-order valence-electron chi connectivity index (χ3n) is 5.91. The van der Waals surface area contributed by atoms with E-state index in [0.717, 1.165) is 22.3 Å². The standard InChI is InChI=1S/C25H26N2O4S/c1-17-4-5-20(14-18(17)2)25(28)26-22-7-6-19-12-13-27(16-21(19)15-22)32(29,30)24-10-8-23(31-3)9-11-24/h4-11,14-15H,12-13,16H2,1-3H3,(H,26,28). The molecule has 0 atom stereocenters. The van der Waals surface area contributed by atoms with E-state index in [1.165, 1.54) is 4.31 Å². The van der Waals surface area contributed by atoms with Crippen LogP contribution < -0.4 is 10.1 Å². The van der Waals surface area contributed by atoms with Crippen LogP contribution in [0.2, 0.25) is 0 Å². The van der Waals surface area contributed by atoms with Crippen LogP contribution in [0.1, 0.15) is 32.6 Å². The van der Waals surface area contributed by atoms with Gasteiger partial charge in [-0.15, -0.1) is 0 Å². The van der Waals surface area contributed by atoms with Gasteiger partial charge in [0.15, 0.2) is 0 Å². The number of rotatable bonds is 5. The van der Waals surface area contributed by atoms with Crippen LogP contribution in [0.4, 0.5) is 5.69 Å². The van der Waals surface area contributed by atoms with Crippen LogP contribution in [-0.4, -0.2) is 32.3 Å². The molecule has 0 saturated heterocycles. The molecule has 7 heteroatoms. The number of nitrogens with zero attached hydrogens (tertiary/aromatic N) is 1. The first-order valence-electron chi connectivity index (χ1n) is 10.4. The lowest BCUT2D eigenvalue weighted by atomic mass is 10.0. The fourth-order valence-electron chi connectivity index (χ4n) is 3.80. The van der Waals surface area contributed by atoms with Gasteiger partial charge in [0.2, 0.25) is 10.0 Å². The molecule has 0 radical (unpaired) electrons. The lowest BCUT2D eigenvalue weighted by molar-refractivity contribution is 0.102. The van der Waals surface area contributed by atoms with Crippen molar-refractivity contribution in [2.24, 2.45) is 0 Å². The van der Waals surface area contributed by atoms with Gasteiger partial charge in [0.25, 0.3) is 5.91 Å². The van der Waals surface area contributed by atoms with Gasteiger partial charge in [-0.3, -0.25) is 4.79 Å². The molecule has 32 heavy (non-hydrogen) atoms. The smallest absolute Gasteiger partial charge is 0.255 e. The summed E-state index contributed by atoms with van der Waals surface area (Å²) in [5.74, 6) is 0.420. The van der Waals surface area contributed by atoms with E-state index < -0.39 is 10.0 Å². The zero-order chi connectivity index (χ0) is 22.9. The number of ether oxygens (including phenoxy) is 1. The fraction of sp³-hybridized carbons (Fsp3) is 0.240. The maximum Gasteiger partial charge on any atom is 0.255 e. The second kappa shape index (κ2) is 8.76. The maximum atomic E-state index is 13.1. The highest BCUT2D eigenvalue weighted by molar-refractivity contribution is 7.89. The topological polar surface area (TPSA) is 75.7 Å². The predicted octanol–water partition coefficient (Wildman–Crippen LogP) is 4.31. The fourth-order valence-corrected chi connectivity index (χ4v) is 5.22. The summed E-state index contributed by atoms with van der Waals surface area (Å²) >= 11 is 0. The minimum atomic E-state index is -3.63. The quantitative estimate of drug-likeness (QED) is 0.628. The van der Waals surface area contributed by atoms with Crippen molar-refractivity contribution in [2.75, 3.05) is 19.0 Å². The Bertz CT molecular complexity index is 1270. The Hall–Kier alpha value is -3.16. The van der Waals surface area contributed by atoms with Gasteiger partial charge < -0.3 is 10.1 Å². The minimum absolute atomic E-state index is 0.188. The van der Waals surface area contributed by atoms with Gasteiger partial charge in [-0.2, -0.15) is 4.31 Å². The van der Waals surface area contributed by atoms with Crippen molar-refractivity contribution < 1.29 is 17.9 Å². The first-order chi connectivity index (χ1) is 15.3. The number of aryl methyl sites for hydroxylation is 2. The molecule has 0 unspecified atom stereocenters. The minimum Gasteiger partial charge on any atom is -0.497 e. The number of benzene rings is 3. The molecule has 166 valence electrons. The summed E-state index contributed by atoms with van der Waals surface area (Å²) in [6, 6.07) is 17.7. The van der Waals surface area contributed by atoms with E-state index in [0.29, 0.717) is 30.0 Å². The van der Waals surface area contributed by atoms with E-state index in [-0.39, 0.29) is 17.3 Å². The molecule has 3 aromatic rings. The Labute approximate surface area is 188 Å². The summed E-state index contributed by atoms with van der Waals surface area (Å²) < 4.78 is 32.8. The number of fused-ring (bicyclic) bond motifs is 1. The van der Waals surface area contributed by atoms with Crippen LogP contribution in [0.15, 0.2) is 65.6 Å². The van der Waals surface area contributed by atoms with Crippen molar-refractivity contribution >= 4 is 21.6 Å². The third-order valence-corrected chi connectivity index (χ3v) is 7.77. The van der Waals surface area contributed by atoms with Gasteiger partial charge in [0, 0.05) is 24.3 Å². The Morgan fingerprint density at radius 1 is 0.938 bits per heavy atom. The third kappa shape index (κ3) is 4.40. The van der Waals surface area contributed by atoms with Crippen LogP contribution in [0, 0.1) is 13.8 Å². The second-order valence-corrected chi connectivity index (χ2v) is 9.94. The molecule has 1 amide bonds. The molecular formula is C25H26N2O4S. The predicted molar refractivity (Wildman–Crippen MR) is 125 cm³/mol. The maximum absolute atomic E-state index is 13.1.